The molecule has 1 aromatic carbocycles. The molecule has 8 heteroatoms. The number of para-hydroxylation sites is 1. The predicted octanol–water partition coefficient (Wildman–Crippen LogP) is 4.83. The summed E-state index contributed by atoms with van der Waals surface area (Å²) in [5, 5.41) is 17.3. The van der Waals surface area contributed by atoms with Crippen molar-refractivity contribution in [3.63, 3.8) is 0 Å². The fraction of sp³-hybridized carbons (Fsp3) is 0.677. The highest BCUT2D eigenvalue weighted by atomic mass is 16.2. The number of rotatable bonds is 11. The summed E-state index contributed by atoms with van der Waals surface area (Å²) in [6, 6.07) is 9.61. The molecular weight excluding hydrogens is 488 g/mol. The van der Waals surface area contributed by atoms with Gasteiger partial charge in [0.25, 0.3) is 0 Å². The normalized spacial score (nSPS) is 21.0. The monoisotopic (exact) mass is 532 g/mol. The maximum atomic E-state index is 13.8. The molecule has 2 aliphatic carbocycles. The summed E-state index contributed by atoms with van der Waals surface area (Å²) in [6.07, 6.45) is 9.52. The van der Waals surface area contributed by atoms with Crippen LogP contribution in [-0.2, 0) is 11.3 Å². The van der Waals surface area contributed by atoms with Gasteiger partial charge in [0.2, 0.25) is 5.91 Å². The Morgan fingerprint density at radius 1 is 1.10 bits per heavy atom. The Labute approximate surface area is 232 Å². The maximum absolute atomic E-state index is 13.8. The molecule has 2 N–H and O–H groups in total. The summed E-state index contributed by atoms with van der Waals surface area (Å²) in [6.45, 7) is 10.6. The van der Waals surface area contributed by atoms with Gasteiger partial charge < -0.3 is 15.5 Å². The summed E-state index contributed by atoms with van der Waals surface area (Å²) in [5.74, 6) is 0.261. The summed E-state index contributed by atoms with van der Waals surface area (Å²) in [5.41, 5.74) is -0.189. The number of hydrogen-bond acceptors (Lipinski definition) is 6. The Balaban J connectivity index is 1.42. The maximum Gasteiger partial charge on any atom is 0.350 e. The average Bonchev–Trinajstić information content (AvgIpc) is 3.29. The van der Waals surface area contributed by atoms with Gasteiger partial charge in [0.15, 0.2) is 0 Å². The van der Waals surface area contributed by atoms with Crippen LogP contribution in [0.15, 0.2) is 29.1 Å². The minimum Gasteiger partial charge on any atom is -0.358 e. The van der Waals surface area contributed by atoms with Crippen molar-refractivity contribution in [3.05, 3.63) is 34.7 Å². The van der Waals surface area contributed by atoms with Gasteiger partial charge >= 0.3 is 5.69 Å². The SMILES string of the molecule is CC(C)(CC(Nc1nc(=O)n(CCCN2CCCC2)c2ccccc12)C(=O)NC1(C#N)CCCC1)C1(C)CC1. The number of aryl methyl sites for hydroxylation is 1. The van der Waals surface area contributed by atoms with Crippen LogP contribution in [0.25, 0.3) is 10.9 Å². The van der Waals surface area contributed by atoms with Crippen LogP contribution in [0.1, 0.15) is 85.0 Å². The zero-order chi connectivity index (χ0) is 27.7. The van der Waals surface area contributed by atoms with Crippen LogP contribution in [-0.4, -0.2) is 51.6 Å². The number of likely N-dealkylation sites (tertiary alicyclic amines) is 1. The van der Waals surface area contributed by atoms with Crippen LogP contribution in [0.4, 0.5) is 5.82 Å². The number of hydrogen-bond donors (Lipinski definition) is 2. The number of anilines is 1. The second kappa shape index (κ2) is 10.9. The topological polar surface area (TPSA) is 103 Å². The molecule has 2 heterocycles. The fourth-order valence-electron chi connectivity index (χ4n) is 6.57. The number of nitriles is 1. The van der Waals surface area contributed by atoms with E-state index in [-0.39, 0.29) is 22.4 Å². The van der Waals surface area contributed by atoms with Gasteiger partial charge in [0, 0.05) is 11.9 Å². The quantitative estimate of drug-likeness (QED) is 0.430. The van der Waals surface area contributed by atoms with Crippen LogP contribution in [0.2, 0.25) is 0 Å². The molecule has 210 valence electrons. The van der Waals surface area contributed by atoms with E-state index in [0.29, 0.717) is 31.6 Å². The molecule has 2 saturated carbocycles. The highest BCUT2D eigenvalue weighted by molar-refractivity contribution is 5.92. The Morgan fingerprint density at radius 2 is 1.79 bits per heavy atom. The van der Waals surface area contributed by atoms with E-state index in [0.717, 1.165) is 62.6 Å². The third-order valence-corrected chi connectivity index (χ3v) is 9.95. The third-order valence-electron chi connectivity index (χ3n) is 9.95. The molecule has 1 aromatic heterocycles. The van der Waals surface area contributed by atoms with E-state index in [4.69, 9.17) is 0 Å². The number of nitrogens with one attached hydrogen (secondary N) is 2. The van der Waals surface area contributed by atoms with Gasteiger partial charge in [-0.2, -0.15) is 10.2 Å². The number of amides is 1. The van der Waals surface area contributed by atoms with Gasteiger partial charge in [-0.05, 0) is 107 Å². The van der Waals surface area contributed by atoms with E-state index in [1.54, 1.807) is 4.57 Å². The van der Waals surface area contributed by atoms with Crippen molar-refractivity contribution < 1.29 is 4.79 Å². The second-order valence-corrected chi connectivity index (χ2v) is 13.0. The van der Waals surface area contributed by atoms with E-state index in [1.165, 1.54) is 12.8 Å². The molecule has 3 fully saturated rings. The minimum atomic E-state index is -0.807. The fourth-order valence-corrected chi connectivity index (χ4v) is 6.57. The highest BCUT2D eigenvalue weighted by Gasteiger charge is 2.51. The van der Waals surface area contributed by atoms with Gasteiger partial charge in [-0.15, -0.1) is 0 Å². The van der Waals surface area contributed by atoms with Crippen molar-refractivity contribution in [2.24, 2.45) is 10.8 Å². The van der Waals surface area contributed by atoms with E-state index < -0.39 is 11.6 Å². The highest BCUT2D eigenvalue weighted by Crippen LogP contribution is 2.60. The standard InChI is InChI=1S/C31H44N6O2/c1-29(2,30(3)15-16-30)21-24(27(38)35-31(22-32)13-6-7-14-31)33-26-23-11-4-5-12-25(23)37(28(39)34-26)20-10-19-36-17-8-9-18-36/h4-5,11-12,24H,6-10,13-21H2,1-3H3,(H,35,38)(H,33,34,39). The average molecular weight is 533 g/mol. The van der Waals surface area contributed by atoms with E-state index in [1.807, 2.05) is 24.3 Å². The first-order valence-corrected chi connectivity index (χ1v) is 14.9. The first-order chi connectivity index (χ1) is 18.7. The molecule has 0 bridgehead atoms. The molecule has 1 amide bonds. The summed E-state index contributed by atoms with van der Waals surface area (Å²) in [4.78, 5) is 34.1. The van der Waals surface area contributed by atoms with Crippen molar-refractivity contribution in [1.29, 1.82) is 5.26 Å². The number of benzene rings is 1. The van der Waals surface area contributed by atoms with Crippen molar-refractivity contribution in [2.45, 2.75) is 103 Å². The largest absolute Gasteiger partial charge is 0.358 e. The van der Waals surface area contributed by atoms with Gasteiger partial charge in [0.1, 0.15) is 17.4 Å². The number of carbonyl (C=O) groups is 1. The zero-order valence-electron chi connectivity index (χ0n) is 23.9. The van der Waals surface area contributed by atoms with Crippen LogP contribution in [0.3, 0.4) is 0 Å². The van der Waals surface area contributed by atoms with Gasteiger partial charge in [-0.25, -0.2) is 4.79 Å². The molecule has 3 aliphatic rings. The van der Waals surface area contributed by atoms with Crippen LogP contribution < -0.4 is 16.3 Å². The van der Waals surface area contributed by atoms with Crippen molar-refractivity contribution in [3.8, 4) is 6.07 Å². The predicted molar refractivity (Wildman–Crippen MR) is 154 cm³/mol. The lowest BCUT2D eigenvalue weighted by Gasteiger charge is -2.36. The Bertz CT molecular complexity index is 1290. The van der Waals surface area contributed by atoms with Crippen LogP contribution >= 0.6 is 0 Å². The zero-order valence-corrected chi connectivity index (χ0v) is 23.9. The summed E-state index contributed by atoms with van der Waals surface area (Å²) < 4.78 is 1.77. The lowest BCUT2D eigenvalue weighted by molar-refractivity contribution is -0.124. The van der Waals surface area contributed by atoms with E-state index in [2.05, 4.69) is 47.4 Å². The summed E-state index contributed by atoms with van der Waals surface area (Å²) in [7, 11) is 0. The van der Waals surface area contributed by atoms with Crippen LogP contribution in [0, 0.1) is 22.2 Å². The number of carbonyl (C=O) groups excluding carboxylic acids is 1. The Hall–Kier alpha value is -2.92. The molecular formula is C31H44N6O2. The van der Waals surface area contributed by atoms with Crippen LogP contribution in [0.5, 0.6) is 0 Å². The smallest absolute Gasteiger partial charge is 0.350 e. The number of aromatic nitrogens is 2. The van der Waals surface area contributed by atoms with Gasteiger partial charge in [0.05, 0.1) is 11.6 Å². The minimum absolute atomic E-state index is 0.0994. The molecule has 39 heavy (non-hydrogen) atoms. The molecule has 0 spiro atoms. The van der Waals surface area contributed by atoms with Gasteiger partial charge in [-0.3, -0.25) is 9.36 Å². The first-order valence-electron chi connectivity index (χ1n) is 14.9. The number of nitrogens with zero attached hydrogens (tertiary/aromatic N) is 4. The van der Waals surface area contributed by atoms with Crippen molar-refractivity contribution in [1.82, 2.24) is 19.8 Å². The second-order valence-electron chi connectivity index (χ2n) is 13.0. The van der Waals surface area contributed by atoms with Crippen molar-refractivity contribution in [2.75, 3.05) is 25.0 Å². The first kappa shape index (κ1) is 27.6. The third kappa shape index (κ3) is 5.84. The molecule has 2 aromatic rings. The van der Waals surface area contributed by atoms with Gasteiger partial charge in [-0.1, -0.05) is 32.9 Å². The number of fused-ring (bicyclic) bond motifs is 1. The molecule has 1 saturated heterocycles. The molecule has 1 unspecified atom stereocenters. The van der Waals surface area contributed by atoms with E-state index in [9.17, 15) is 14.9 Å². The van der Waals surface area contributed by atoms with Crippen molar-refractivity contribution >= 4 is 22.6 Å². The molecule has 0 radical (unpaired) electrons. The Kier molecular flexibility index (Phi) is 7.74. The molecule has 1 aliphatic heterocycles. The lowest BCUT2D eigenvalue weighted by atomic mass is 9.72. The van der Waals surface area contributed by atoms with E-state index >= 15 is 0 Å². The molecule has 5 rings (SSSR count). The Morgan fingerprint density at radius 3 is 2.46 bits per heavy atom. The summed E-state index contributed by atoms with van der Waals surface area (Å²) >= 11 is 0. The molecule has 1 atom stereocenters. The molecule has 8 nitrogen and oxygen atoms in total. The lowest BCUT2D eigenvalue weighted by Crippen LogP contribution is -2.52.